The van der Waals surface area contributed by atoms with E-state index in [1.54, 1.807) is 6.92 Å². The highest BCUT2D eigenvalue weighted by atomic mass is 16.1. The molecule has 20 heavy (non-hydrogen) atoms. The lowest BCUT2D eigenvalue weighted by Crippen LogP contribution is -2.23. The first-order chi connectivity index (χ1) is 9.20. The lowest BCUT2D eigenvalue weighted by molar-refractivity contribution is -0.117. The van der Waals surface area contributed by atoms with Gasteiger partial charge in [0.05, 0.1) is 6.04 Å². The number of carbonyl (C=O) groups is 1. The van der Waals surface area contributed by atoms with Crippen molar-refractivity contribution in [2.75, 3.05) is 0 Å². The van der Waals surface area contributed by atoms with Crippen molar-refractivity contribution >= 4 is 5.78 Å². The molecule has 0 aliphatic carbocycles. The molecule has 1 atom stereocenters. The van der Waals surface area contributed by atoms with Crippen molar-refractivity contribution in [3.8, 4) is 0 Å². The molecule has 2 N–H and O–H groups in total. The number of Topliss-reactive ketones (excluding diaryl/α,β-unsaturated/α-hetero) is 1. The summed E-state index contributed by atoms with van der Waals surface area (Å²) in [5, 5.41) is 0. The van der Waals surface area contributed by atoms with Crippen LogP contribution in [0, 0.1) is 19.8 Å². The highest BCUT2D eigenvalue weighted by Gasteiger charge is 1.95. The molecule has 1 unspecified atom stereocenters. The van der Waals surface area contributed by atoms with Gasteiger partial charge in [0.25, 0.3) is 0 Å². The van der Waals surface area contributed by atoms with Gasteiger partial charge in [0, 0.05) is 0 Å². The van der Waals surface area contributed by atoms with Gasteiger partial charge >= 0.3 is 0 Å². The average Bonchev–Trinajstić information content (AvgIpc) is 2.29. The first-order valence-electron chi connectivity index (χ1n) is 7.49. The van der Waals surface area contributed by atoms with Crippen molar-refractivity contribution in [3.63, 3.8) is 0 Å². The van der Waals surface area contributed by atoms with Crippen LogP contribution in [0.2, 0.25) is 0 Å². The Balaban J connectivity index is 0. The fraction of sp³-hybridized carbons (Fsp3) is 0.611. The molecule has 1 aromatic carbocycles. The molecule has 0 aromatic heterocycles. The minimum absolute atomic E-state index is 0.0370. The third-order valence-electron chi connectivity index (χ3n) is 2.68. The van der Waals surface area contributed by atoms with E-state index < -0.39 is 0 Å². The normalized spacial score (nSPS) is 10.8. The van der Waals surface area contributed by atoms with Gasteiger partial charge in [0.2, 0.25) is 0 Å². The van der Waals surface area contributed by atoms with Gasteiger partial charge < -0.3 is 5.73 Å². The second-order valence-electron chi connectivity index (χ2n) is 5.74. The largest absolute Gasteiger partial charge is 0.322 e. The van der Waals surface area contributed by atoms with Crippen LogP contribution in [0.1, 0.15) is 58.6 Å². The van der Waals surface area contributed by atoms with Gasteiger partial charge in [-0.2, -0.15) is 0 Å². The summed E-state index contributed by atoms with van der Waals surface area (Å²) in [4.78, 5) is 10.0. The maximum atomic E-state index is 10.0. The van der Waals surface area contributed by atoms with E-state index in [-0.39, 0.29) is 11.8 Å². The van der Waals surface area contributed by atoms with Gasteiger partial charge in [-0.05, 0) is 33.6 Å². The quantitative estimate of drug-likeness (QED) is 0.873. The molecular formula is C18H33NO. The molecule has 0 heterocycles. The Hall–Kier alpha value is -1.15. The molecule has 0 saturated carbocycles. The van der Waals surface area contributed by atoms with E-state index in [4.69, 9.17) is 5.73 Å². The van der Waals surface area contributed by atoms with E-state index in [1.165, 1.54) is 30.9 Å². The van der Waals surface area contributed by atoms with E-state index >= 15 is 0 Å². The average molecular weight is 279 g/mol. The minimum Gasteiger partial charge on any atom is -0.322 e. The molecule has 0 radical (unpaired) electrons. The number of aryl methyl sites for hydroxylation is 2. The van der Waals surface area contributed by atoms with Crippen LogP contribution < -0.4 is 5.73 Å². The van der Waals surface area contributed by atoms with E-state index in [2.05, 4.69) is 58.9 Å². The van der Waals surface area contributed by atoms with E-state index in [0.29, 0.717) is 0 Å². The second kappa shape index (κ2) is 12.9. The molecule has 0 aliphatic heterocycles. The highest BCUT2D eigenvalue weighted by Crippen LogP contribution is 2.00. The van der Waals surface area contributed by atoms with Crippen LogP contribution in [0.5, 0.6) is 0 Å². The van der Waals surface area contributed by atoms with E-state index in [9.17, 15) is 4.79 Å². The summed E-state index contributed by atoms with van der Waals surface area (Å²) in [7, 11) is 0. The predicted octanol–water partition coefficient (Wildman–Crippen LogP) is 4.67. The van der Waals surface area contributed by atoms with Gasteiger partial charge in [-0.1, -0.05) is 69.0 Å². The molecule has 0 saturated heterocycles. The van der Waals surface area contributed by atoms with E-state index in [1.807, 2.05) is 0 Å². The summed E-state index contributed by atoms with van der Waals surface area (Å²) in [5.74, 6) is 0.935. The zero-order valence-electron chi connectivity index (χ0n) is 14.4. The Labute approximate surface area is 125 Å². The van der Waals surface area contributed by atoms with Crippen molar-refractivity contribution in [2.45, 2.75) is 67.3 Å². The number of benzene rings is 1. The zero-order chi connectivity index (χ0) is 16.1. The molecule has 0 amide bonds. The zero-order valence-corrected chi connectivity index (χ0v) is 14.4. The molecule has 1 aromatic rings. The maximum absolute atomic E-state index is 10.0. The Morgan fingerprint density at radius 1 is 1.15 bits per heavy atom. The molecule has 0 aliphatic rings. The minimum atomic E-state index is -0.287. The lowest BCUT2D eigenvalue weighted by Gasteiger charge is -1.95. The van der Waals surface area contributed by atoms with Crippen molar-refractivity contribution in [3.05, 3.63) is 35.4 Å². The molecule has 2 nitrogen and oxygen atoms in total. The number of hydrogen-bond acceptors (Lipinski definition) is 2. The first-order valence-corrected chi connectivity index (χ1v) is 7.49. The summed E-state index contributed by atoms with van der Waals surface area (Å²) in [6, 6.07) is 8.16. The first kappa shape index (κ1) is 21.2. The number of carbonyl (C=O) groups excluding carboxylic acids is 1. The highest BCUT2D eigenvalue weighted by molar-refractivity contribution is 5.80. The van der Waals surface area contributed by atoms with Crippen molar-refractivity contribution in [1.29, 1.82) is 0 Å². The molecule has 2 heteroatoms. The van der Waals surface area contributed by atoms with Crippen LogP contribution in [0.3, 0.4) is 0 Å². The van der Waals surface area contributed by atoms with E-state index in [0.717, 1.165) is 5.92 Å². The molecular weight excluding hydrogens is 246 g/mol. The van der Waals surface area contributed by atoms with Crippen molar-refractivity contribution in [2.24, 2.45) is 11.7 Å². The Kier molecular flexibility index (Phi) is 13.6. The monoisotopic (exact) mass is 279 g/mol. The van der Waals surface area contributed by atoms with Crippen LogP contribution in [-0.4, -0.2) is 11.8 Å². The molecule has 0 spiro atoms. The second-order valence-corrected chi connectivity index (χ2v) is 5.74. The van der Waals surface area contributed by atoms with Crippen LogP contribution in [0.25, 0.3) is 0 Å². The molecule has 0 bridgehead atoms. The van der Waals surface area contributed by atoms with Crippen LogP contribution in [0.15, 0.2) is 24.3 Å². The number of nitrogens with two attached hydrogens (primary N) is 1. The SMILES string of the molecule is CC(=O)C(C)N.CCCC(C)C.Cc1cccc(C)c1. The smallest absolute Gasteiger partial charge is 0.146 e. The van der Waals surface area contributed by atoms with Gasteiger partial charge in [-0.3, -0.25) is 4.79 Å². The van der Waals surface area contributed by atoms with Crippen molar-refractivity contribution in [1.82, 2.24) is 0 Å². The predicted molar refractivity (Wildman–Crippen MR) is 90.0 cm³/mol. The Morgan fingerprint density at radius 2 is 1.55 bits per heavy atom. The van der Waals surface area contributed by atoms with Crippen LogP contribution in [0.4, 0.5) is 0 Å². The summed E-state index contributed by atoms with van der Waals surface area (Å²) >= 11 is 0. The Bertz CT molecular complexity index is 339. The number of rotatable bonds is 3. The van der Waals surface area contributed by atoms with Crippen LogP contribution in [-0.2, 0) is 4.79 Å². The van der Waals surface area contributed by atoms with Gasteiger partial charge in [-0.25, -0.2) is 0 Å². The van der Waals surface area contributed by atoms with Gasteiger partial charge in [0.15, 0.2) is 0 Å². The topological polar surface area (TPSA) is 43.1 Å². The van der Waals surface area contributed by atoms with Gasteiger partial charge in [-0.15, -0.1) is 0 Å². The standard InChI is InChI=1S/C8H10.C6H14.C4H9NO/c1-7-4-3-5-8(2)6-7;1-4-5-6(2)3;1-3(5)4(2)6/h3-6H,1-2H3;6H,4-5H2,1-3H3;3H,5H2,1-2H3. The van der Waals surface area contributed by atoms with Gasteiger partial charge in [0.1, 0.15) is 5.78 Å². The maximum Gasteiger partial charge on any atom is 0.146 e. The molecule has 116 valence electrons. The van der Waals surface area contributed by atoms with Crippen molar-refractivity contribution < 1.29 is 4.79 Å². The lowest BCUT2D eigenvalue weighted by atomic mass is 10.1. The molecule has 1 rings (SSSR count). The summed E-state index contributed by atoms with van der Waals surface area (Å²) in [6.45, 7) is 14.1. The third kappa shape index (κ3) is 16.9. The summed E-state index contributed by atoms with van der Waals surface area (Å²) in [5.41, 5.74) is 7.76. The molecule has 0 fully saturated rings. The number of hydrogen-bond donors (Lipinski definition) is 1. The fourth-order valence-corrected chi connectivity index (χ4v) is 1.38. The summed E-state index contributed by atoms with van der Waals surface area (Å²) < 4.78 is 0. The third-order valence-corrected chi connectivity index (χ3v) is 2.68. The summed E-state index contributed by atoms with van der Waals surface area (Å²) in [6.07, 6.45) is 2.71. The fourth-order valence-electron chi connectivity index (χ4n) is 1.38. The van der Waals surface area contributed by atoms with Crippen LogP contribution >= 0.6 is 0 Å². The number of ketones is 1. The Morgan fingerprint density at radius 3 is 1.65 bits per heavy atom.